The van der Waals surface area contributed by atoms with Gasteiger partial charge in [0.05, 0.1) is 6.61 Å². The molecule has 1 aromatic rings. The van der Waals surface area contributed by atoms with E-state index in [1.54, 1.807) is 0 Å². The number of ether oxygens (including phenoxy) is 1. The predicted octanol–water partition coefficient (Wildman–Crippen LogP) is 2.48. The molecule has 2 rings (SSSR count). The van der Waals surface area contributed by atoms with Crippen LogP contribution in [0.2, 0.25) is 0 Å². The lowest BCUT2D eigenvalue weighted by molar-refractivity contribution is -0.132. The number of carbonyl (C=O) groups is 2. The summed E-state index contributed by atoms with van der Waals surface area (Å²) in [6, 6.07) is 5.55. The topological polar surface area (TPSA) is 49.9 Å². The van der Waals surface area contributed by atoms with Crippen LogP contribution in [0.3, 0.4) is 0 Å². The van der Waals surface area contributed by atoms with Crippen LogP contribution in [-0.2, 0) is 4.79 Å². The fourth-order valence-corrected chi connectivity index (χ4v) is 2.81. The number of aryl methyl sites for hydroxylation is 1. The third kappa shape index (κ3) is 4.24. The van der Waals surface area contributed by atoms with Crippen molar-refractivity contribution < 1.29 is 14.3 Å². The van der Waals surface area contributed by atoms with E-state index in [1.807, 2.05) is 48.8 Å². The molecule has 1 saturated heterocycles. The molecule has 0 aromatic heterocycles. The lowest BCUT2D eigenvalue weighted by Gasteiger charge is -2.35. The highest BCUT2D eigenvalue weighted by atomic mass is 16.5. The van der Waals surface area contributed by atoms with Gasteiger partial charge in [0.1, 0.15) is 5.75 Å². The lowest BCUT2D eigenvalue weighted by Crippen LogP contribution is -2.50. The number of hydrogen-bond donors (Lipinski definition) is 0. The highest BCUT2D eigenvalue weighted by Crippen LogP contribution is 2.20. The highest BCUT2D eigenvalue weighted by molar-refractivity contribution is 5.94. The van der Waals surface area contributed by atoms with E-state index in [-0.39, 0.29) is 11.8 Å². The SMILES string of the molecule is CCCC(=O)N1CCN(C(=O)c2ccc(OCC)c(C)c2)CC1. The lowest BCUT2D eigenvalue weighted by atomic mass is 10.1. The van der Waals surface area contributed by atoms with Crippen molar-refractivity contribution in [1.29, 1.82) is 0 Å². The molecule has 0 radical (unpaired) electrons. The Kier molecular flexibility index (Phi) is 6.02. The summed E-state index contributed by atoms with van der Waals surface area (Å²) in [5, 5.41) is 0. The molecule has 1 heterocycles. The van der Waals surface area contributed by atoms with Crippen molar-refractivity contribution in [2.24, 2.45) is 0 Å². The Balaban J connectivity index is 1.97. The first kappa shape index (κ1) is 17.3. The molecule has 1 aromatic carbocycles. The van der Waals surface area contributed by atoms with Gasteiger partial charge in [-0.2, -0.15) is 0 Å². The smallest absolute Gasteiger partial charge is 0.253 e. The molecule has 0 bridgehead atoms. The van der Waals surface area contributed by atoms with Gasteiger partial charge >= 0.3 is 0 Å². The van der Waals surface area contributed by atoms with E-state index in [4.69, 9.17) is 4.74 Å². The predicted molar refractivity (Wildman–Crippen MR) is 89.7 cm³/mol. The van der Waals surface area contributed by atoms with E-state index >= 15 is 0 Å². The number of piperazine rings is 1. The van der Waals surface area contributed by atoms with Gasteiger partial charge in [-0.05, 0) is 44.0 Å². The van der Waals surface area contributed by atoms with E-state index in [0.29, 0.717) is 44.8 Å². The van der Waals surface area contributed by atoms with Crippen molar-refractivity contribution in [3.63, 3.8) is 0 Å². The maximum atomic E-state index is 12.6. The van der Waals surface area contributed by atoms with Crippen LogP contribution in [0.15, 0.2) is 18.2 Å². The molecule has 1 fully saturated rings. The summed E-state index contributed by atoms with van der Waals surface area (Å²) in [6.45, 7) is 8.96. The molecule has 5 nitrogen and oxygen atoms in total. The Bertz CT molecular complexity index is 563. The first-order valence-electron chi connectivity index (χ1n) is 8.37. The van der Waals surface area contributed by atoms with Gasteiger partial charge in [0.2, 0.25) is 5.91 Å². The van der Waals surface area contributed by atoms with Crippen LogP contribution in [0.5, 0.6) is 5.75 Å². The zero-order chi connectivity index (χ0) is 16.8. The zero-order valence-corrected chi connectivity index (χ0v) is 14.3. The summed E-state index contributed by atoms with van der Waals surface area (Å²) in [6.07, 6.45) is 1.45. The van der Waals surface area contributed by atoms with Crippen LogP contribution in [0, 0.1) is 6.92 Å². The van der Waals surface area contributed by atoms with E-state index in [0.717, 1.165) is 17.7 Å². The summed E-state index contributed by atoms with van der Waals surface area (Å²) < 4.78 is 5.51. The molecule has 0 spiro atoms. The minimum absolute atomic E-state index is 0.0266. The Morgan fingerprint density at radius 1 is 1.09 bits per heavy atom. The number of rotatable bonds is 5. The second-order valence-electron chi connectivity index (χ2n) is 5.84. The minimum Gasteiger partial charge on any atom is -0.494 e. The van der Waals surface area contributed by atoms with Gasteiger partial charge < -0.3 is 14.5 Å². The molecular formula is C18H26N2O3. The Labute approximate surface area is 138 Å². The van der Waals surface area contributed by atoms with Crippen molar-refractivity contribution in [3.05, 3.63) is 29.3 Å². The highest BCUT2D eigenvalue weighted by Gasteiger charge is 2.24. The summed E-state index contributed by atoms with van der Waals surface area (Å²) in [5.41, 5.74) is 1.65. The second-order valence-corrected chi connectivity index (χ2v) is 5.84. The molecule has 0 N–H and O–H groups in total. The molecule has 1 aliphatic heterocycles. The van der Waals surface area contributed by atoms with E-state index in [1.165, 1.54) is 0 Å². The van der Waals surface area contributed by atoms with Gasteiger partial charge in [0.25, 0.3) is 5.91 Å². The van der Waals surface area contributed by atoms with Crippen LogP contribution in [0.1, 0.15) is 42.6 Å². The normalized spacial score (nSPS) is 14.7. The summed E-state index contributed by atoms with van der Waals surface area (Å²) >= 11 is 0. The molecule has 0 saturated carbocycles. The third-order valence-electron chi connectivity index (χ3n) is 4.11. The Morgan fingerprint density at radius 3 is 2.30 bits per heavy atom. The molecule has 0 aliphatic carbocycles. The van der Waals surface area contributed by atoms with Gasteiger partial charge in [0.15, 0.2) is 0 Å². The van der Waals surface area contributed by atoms with Crippen LogP contribution in [0.25, 0.3) is 0 Å². The van der Waals surface area contributed by atoms with Crippen molar-refractivity contribution in [2.75, 3.05) is 32.8 Å². The second kappa shape index (κ2) is 7.99. The Morgan fingerprint density at radius 2 is 1.74 bits per heavy atom. The summed E-state index contributed by atoms with van der Waals surface area (Å²) in [7, 11) is 0. The van der Waals surface area contributed by atoms with E-state index in [9.17, 15) is 9.59 Å². The fourth-order valence-electron chi connectivity index (χ4n) is 2.81. The van der Waals surface area contributed by atoms with Crippen molar-refractivity contribution in [3.8, 4) is 5.75 Å². The van der Waals surface area contributed by atoms with Gasteiger partial charge in [-0.15, -0.1) is 0 Å². The summed E-state index contributed by atoms with van der Waals surface area (Å²) in [4.78, 5) is 28.2. The molecular weight excluding hydrogens is 292 g/mol. The van der Waals surface area contributed by atoms with Crippen molar-refractivity contribution >= 4 is 11.8 Å². The van der Waals surface area contributed by atoms with Crippen LogP contribution in [0.4, 0.5) is 0 Å². The average molecular weight is 318 g/mol. The Hall–Kier alpha value is -2.04. The summed E-state index contributed by atoms with van der Waals surface area (Å²) in [5.74, 6) is 1.04. The van der Waals surface area contributed by atoms with Gasteiger partial charge in [-0.25, -0.2) is 0 Å². The van der Waals surface area contributed by atoms with Gasteiger partial charge in [0, 0.05) is 38.2 Å². The molecule has 1 aliphatic rings. The number of amides is 2. The number of carbonyl (C=O) groups excluding carboxylic acids is 2. The first-order chi connectivity index (χ1) is 11.1. The monoisotopic (exact) mass is 318 g/mol. The van der Waals surface area contributed by atoms with Crippen molar-refractivity contribution in [2.45, 2.75) is 33.6 Å². The molecule has 126 valence electrons. The van der Waals surface area contributed by atoms with Crippen molar-refractivity contribution in [1.82, 2.24) is 9.80 Å². The van der Waals surface area contributed by atoms with Crippen LogP contribution < -0.4 is 4.74 Å². The molecule has 0 unspecified atom stereocenters. The molecule has 23 heavy (non-hydrogen) atoms. The quantitative estimate of drug-likeness (QED) is 0.838. The fraction of sp³-hybridized carbons (Fsp3) is 0.556. The minimum atomic E-state index is 0.0266. The molecule has 2 amide bonds. The maximum Gasteiger partial charge on any atom is 0.253 e. The first-order valence-corrected chi connectivity index (χ1v) is 8.37. The maximum absolute atomic E-state index is 12.6. The largest absolute Gasteiger partial charge is 0.494 e. The number of benzene rings is 1. The van der Waals surface area contributed by atoms with E-state index < -0.39 is 0 Å². The molecule has 0 atom stereocenters. The van der Waals surface area contributed by atoms with Crippen LogP contribution in [-0.4, -0.2) is 54.4 Å². The van der Waals surface area contributed by atoms with Crippen LogP contribution >= 0.6 is 0 Å². The number of hydrogen-bond acceptors (Lipinski definition) is 3. The zero-order valence-electron chi connectivity index (χ0n) is 14.3. The van der Waals surface area contributed by atoms with Gasteiger partial charge in [-0.1, -0.05) is 6.92 Å². The molecule has 5 heteroatoms. The van der Waals surface area contributed by atoms with E-state index in [2.05, 4.69) is 0 Å². The number of nitrogens with zero attached hydrogens (tertiary/aromatic N) is 2. The van der Waals surface area contributed by atoms with Gasteiger partial charge in [-0.3, -0.25) is 9.59 Å². The standard InChI is InChI=1S/C18H26N2O3/c1-4-6-17(21)19-9-11-20(12-10-19)18(22)15-7-8-16(23-5-2)14(3)13-15/h7-8,13H,4-6,9-12H2,1-3H3. The average Bonchev–Trinajstić information content (AvgIpc) is 2.56. The third-order valence-corrected chi connectivity index (χ3v) is 4.11.